The maximum Gasteiger partial charge on any atom is 0.418 e. The summed E-state index contributed by atoms with van der Waals surface area (Å²) < 4.78 is 47.7. The monoisotopic (exact) mass is 395 g/mol. The highest BCUT2D eigenvalue weighted by Gasteiger charge is 2.49. The lowest BCUT2D eigenvalue weighted by Crippen LogP contribution is -2.56. The Labute approximate surface area is 147 Å². The first-order valence-corrected chi connectivity index (χ1v) is 9.26. The Kier molecular flexibility index (Phi) is 5.01. The fourth-order valence-electron chi connectivity index (χ4n) is 3.29. The van der Waals surface area contributed by atoms with Crippen LogP contribution < -0.4 is 16.2 Å². The molecule has 14 heteroatoms. The second-order valence-electron chi connectivity index (χ2n) is 6.28. The van der Waals surface area contributed by atoms with Crippen LogP contribution in [0, 0.1) is 0 Å². The molecule has 12 nitrogen and oxygen atoms in total. The van der Waals surface area contributed by atoms with Crippen LogP contribution in [-0.4, -0.2) is 78.2 Å². The molecular weight excluding hydrogens is 377 g/mol. The molecule has 0 aromatic rings. The van der Waals surface area contributed by atoms with Gasteiger partial charge in [-0.3, -0.25) is 25.0 Å². The van der Waals surface area contributed by atoms with Gasteiger partial charge in [-0.1, -0.05) is 0 Å². The quantitative estimate of drug-likeness (QED) is 0.310. The number of hydroxylamine groups is 2. The number of hydrazine groups is 1. The Morgan fingerprint density at radius 2 is 1.96 bits per heavy atom. The van der Waals surface area contributed by atoms with Gasteiger partial charge in [0.15, 0.2) is 0 Å². The number of carbonyl (C=O) groups excluding carboxylic acids is 3. The molecule has 146 valence electrons. The van der Waals surface area contributed by atoms with Gasteiger partial charge in [0.1, 0.15) is 12.2 Å². The first kappa shape index (κ1) is 18.8. The predicted molar refractivity (Wildman–Crippen MR) is 81.0 cm³/mol. The molecule has 2 bridgehead atoms. The smallest absolute Gasteiger partial charge is 0.309 e. The lowest BCUT2D eigenvalue weighted by Gasteiger charge is -2.29. The fraction of sp³-hybridized carbons (Fsp3) is 0.750. The van der Waals surface area contributed by atoms with Crippen LogP contribution in [0.15, 0.2) is 0 Å². The van der Waals surface area contributed by atoms with Crippen molar-refractivity contribution < 1.29 is 36.0 Å². The maximum atomic E-state index is 13.1. The molecule has 3 fully saturated rings. The Balaban J connectivity index is 1.56. The summed E-state index contributed by atoms with van der Waals surface area (Å²) in [6.07, 6.45) is -0.665. The molecule has 0 spiro atoms. The van der Waals surface area contributed by atoms with Gasteiger partial charge in [0.2, 0.25) is 0 Å². The van der Waals surface area contributed by atoms with Gasteiger partial charge in [-0.05, 0) is 12.8 Å². The van der Waals surface area contributed by atoms with Crippen molar-refractivity contribution in [2.24, 2.45) is 0 Å². The topological polar surface area (TPSA) is 157 Å². The first-order chi connectivity index (χ1) is 12.2. The minimum Gasteiger partial charge on any atom is -0.309 e. The SMILES string of the molecule is O=C(NNC(=O)[C@@H]1CC[C@H]2CN1C(=O)N2OS(=O)(=O)O)[C@@H]1C[C@H](F)CN1. The summed E-state index contributed by atoms with van der Waals surface area (Å²) in [7, 11) is -4.87. The van der Waals surface area contributed by atoms with Gasteiger partial charge in [-0.15, -0.1) is 4.28 Å². The molecule has 0 radical (unpaired) electrons. The third kappa shape index (κ3) is 3.87. The molecule has 3 aliphatic rings. The van der Waals surface area contributed by atoms with Crippen molar-refractivity contribution in [3.63, 3.8) is 0 Å². The van der Waals surface area contributed by atoms with E-state index in [4.69, 9.17) is 4.55 Å². The second kappa shape index (κ2) is 6.94. The number of hydrogen-bond donors (Lipinski definition) is 4. The number of alkyl halides is 1. The van der Waals surface area contributed by atoms with Crippen LogP contribution >= 0.6 is 0 Å². The van der Waals surface area contributed by atoms with Gasteiger partial charge in [0, 0.05) is 19.5 Å². The second-order valence-corrected chi connectivity index (χ2v) is 7.29. The lowest BCUT2D eigenvalue weighted by atomic mass is 10.0. The maximum absolute atomic E-state index is 13.1. The Morgan fingerprint density at radius 1 is 1.27 bits per heavy atom. The molecule has 0 aromatic carbocycles. The summed E-state index contributed by atoms with van der Waals surface area (Å²) in [4.78, 5) is 37.4. The van der Waals surface area contributed by atoms with Crippen LogP contribution in [0.1, 0.15) is 19.3 Å². The van der Waals surface area contributed by atoms with E-state index >= 15 is 0 Å². The van der Waals surface area contributed by atoms with E-state index in [0.29, 0.717) is 5.06 Å². The standard InChI is InChI=1S/C12H18FN5O7S/c13-6-3-8(14-4-6)10(19)15-16-11(20)9-2-1-7-5-17(9)12(21)18(7)25-26(22,23)24/h6-9,14H,1-5H2,(H,15,19)(H,16,20)(H,22,23,24)/t6-,7-,8-,9-/m0/s1. The molecular formula is C12H18FN5O7S. The molecule has 3 heterocycles. The zero-order chi connectivity index (χ0) is 19.1. The fourth-order valence-corrected chi connectivity index (χ4v) is 3.68. The van der Waals surface area contributed by atoms with E-state index in [-0.39, 0.29) is 32.4 Å². The lowest BCUT2D eigenvalue weighted by molar-refractivity contribution is -0.132. The predicted octanol–water partition coefficient (Wildman–Crippen LogP) is -2.16. The van der Waals surface area contributed by atoms with Crippen LogP contribution in [0.3, 0.4) is 0 Å². The van der Waals surface area contributed by atoms with Gasteiger partial charge in [-0.2, -0.15) is 13.5 Å². The number of nitrogens with one attached hydrogen (secondary N) is 3. The van der Waals surface area contributed by atoms with Crippen LogP contribution in [0.4, 0.5) is 9.18 Å². The Bertz CT molecular complexity index is 719. The molecule has 26 heavy (non-hydrogen) atoms. The molecule has 3 rings (SSSR count). The molecule has 0 aromatic heterocycles. The summed E-state index contributed by atoms with van der Waals surface area (Å²) in [6, 6.07) is -3.20. The highest BCUT2D eigenvalue weighted by atomic mass is 32.3. The van der Waals surface area contributed by atoms with E-state index in [1.54, 1.807) is 0 Å². The zero-order valence-electron chi connectivity index (χ0n) is 13.4. The molecule has 3 saturated heterocycles. The van der Waals surface area contributed by atoms with Gasteiger partial charge >= 0.3 is 16.4 Å². The van der Waals surface area contributed by atoms with Crippen molar-refractivity contribution in [1.82, 2.24) is 26.1 Å². The van der Waals surface area contributed by atoms with Crippen LogP contribution in [-0.2, 0) is 24.3 Å². The van der Waals surface area contributed by atoms with E-state index in [9.17, 15) is 27.2 Å². The summed E-state index contributed by atoms with van der Waals surface area (Å²) in [5, 5.41) is 3.18. The molecule has 0 unspecified atom stereocenters. The highest BCUT2D eigenvalue weighted by molar-refractivity contribution is 7.80. The van der Waals surface area contributed by atoms with Crippen molar-refractivity contribution in [3.8, 4) is 0 Å². The third-order valence-corrected chi connectivity index (χ3v) is 4.85. The van der Waals surface area contributed by atoms with Crippen molar-refractivity contribution in [2.45, 2.75) is 43.6 Å². The van der Waals surface area contributed by atoms with Gasteiger partial charge in [-0.25, -0.2) is 9.18 Å². The number of piperidine rings is 1. The first-order valence-electron chi connectivity index (χ1n) is 7.89. The minimum absolute atomic E-state index is 0.000639. The number of urea groups is 1. The van der Waals surface area contributed by atoms with Crippen LogP contribution in [0.5, 0.6) is 0 Å². The number of nitrogens with zero attached hydrogens (tertiary/aromatic N) is 2. The van der Waals surface area contributed by atoms with E-state index in [0.717, 1.165) is 4.90 Å². The van der Waals surface area contributed by atoms with Gasteiger partial charge in [0.05, 0.1) is 12.1 Å². The molecule has 4 amide bonds. The Hall–Kier alpha value is -2.03. The van der Waals surface area contributed by atoms with Crippen molar-refractivity contribution in [2.75, 3.05) is 13.1 Å². The van der Waals surface area contributed by atoms with E-state index in [1.807, 2.05) is 0 Å². The molecule has 0 saturated carbocycles. The summed E-state index contributed by atoms with van der Waals surface area (Å²) in [6.45, 7) is 0.0933. The average molecular weight is 395 g/mol. The highest BCUT2D eigenvalue weighted by Crippen LogP contribution is 2.30. The zero-order valence-corrected chi connectivity index (χ0v) is 14.2. The third-order valence-electron chi connectivity index (χ3n) is 4.50. The number of carbonyl (C=O) groups is 3. The number of rotatable bonds is 4. The van der Waals surface area contributed by atoms with Crippen molar-refractivity contribution >= 4 is 28.2 Å². The normalized spacial score (nSPS) is 31.2. The molecule has 4 N–H and O–H groups in total. The largest absolute Gasteiger partial charge is 0.418 e. The van der Waals surface area contributed by atoms with Gasteiger partial charge < -0.3 is 10.2 Å². The van der Waals surface area contributed by atoms with E-state index < -0.39 is 52.5 Å². The number of amides is 4. The Morgan fingerprint density at radius 3 is 2.58 bits per heavy atom. The number of hydrogen-bond acceptors (Lipinski definition) is 7. The van der Waals surface area contributed by atoms with Gasteiger partial charge in [0.25, 0.3) is 11.8 Å². The van der Waals surface area contributed by atoms with E-state index in [1.165, 1.54) is 0 Å². The molecule has 3 aliphatic heterocycles. The van der Waals surface area contributed by atoms with E-state index in [2.05, 4.69) is 20.5 Å². The van der Waals surface area contributed by atoms with Crippen LogP contribution in [0.25, 0.3) is 0 Å². The summed E-state index contributed by atoms with van der Waals surface area (Å²) in [5.74, 6) is -1.27. The van der Waals surface area contributed by atoms with Crippen LogP contribution in [0.2, 0.25) is 0 Å². The molecule has 0 aliphatic carbocycles. The minimum atomic E-state index is -4.87. The number of halogens is 1. The average Bonchev–Trinajstić information content (AvgIpc) is 3.09. The van der Waals surface area contributed by atoms with Crippen molar-refractivity contribution in [3.05, 3.63) is 0 Å². The summed E-state index contributed by atoms with van der Waals surface area (Å²) in [5.41, 5.74) is 4.37. The van der Waals surface area contributed by atoms with Crippen molar-refractivity contribution in [1.29, 1.82) is 0 Å². The summed E-state index contributed by atoms with van der Waals surface area (Å²) >= 11 is 0. The number of fused-ring (bicyclic) bond motifs is 2. The molecule has 4 atom stereocenters.